The third-order valence-electron chi connectivity index (χ3n) is 0.992. The predicted molar refractivity (Wildman–Crippen MR) is 35.3 cm³/mol. The minimum atomic E-state index is -0.955. The van der Waals surface area contributed by atoms with Crippen molar-refractivity contribution in [2.45, 2.75) is 0 Å². The molecule has 9 heteroatoms. The molecular weight excluding hydrogens is 170 g/mol. The van der Waals surface area contributed by atoms with Gasteiger partial charge >= 0.3 is 11.8 Å². The molecule has 1 aromatic rings. The van der Waals surface area contributed by atoms with Gasteiger partial charge in [-0.25, -0.2) is 0 Å². The van der Waals surface area contributed by atoms with Crippen LogP contribution in [0.4, 0.5) is 17.6 Å². The first kappa shape index (κ1) is 7.91. The average molecular weight is 172 g/mol. The number of nitrogens with two attached hydrogens (primary N) is 1. The van der Waals surface area contributed by atoms with Crippen molar-refractivity contribution in [3.63, 3.8) is 0 Å². The summed E-state index contributed by atoms with van der Waals surface area (Å²) in [5, 5.41) is 20.0. The van der Waals surface area contributed by atoms with Crippen molar-refractivity contribution in [3.05, 3.63) is 20.2 Å². The van der Waals surface area contributed by atoms with E-state index in [2.05, 4.69) is 9.97 Å². The van der Waals surface area contributed by atoms with Crippen molar-refractivity contribution in [1.82, 2.24) is 9.97 Å². The van der Waals surface area contributed by atoms with Crippen LogP contribution in [0.15, 0.2) is 0 Å². The lowest BCUT2D eigenvalue weighted by atomic mass is 10.7. The van der Waals surface area contributed by atoms with E-state index in [1.54, 1.807) is 0 Å². The molecule has 12 heavy (non-hydrogen) atoms. The first-order valence-electron chi connectivity index (χ1n) is 2.61. The summed E-state index contributed by atoms with van der Waals surface area (Å²) in [4.78, 5) is 24.2. The molecule has 64 valence electrons. The van der Waals surface area contributed by atoms with Crippen molar-refractivity contribution in [1.29, 1.82) is 0 Å². The molecular formula is C3H2N5O4-. The molecule has 0 fully saturated rings. The average Bonchev–Trinajstić information content (AvgIpc) is 2.30. The van der Waals surface area contributed by atoms with Crippen LogP contribution in [0.1, 0.15) is 0 Å². The van der Waals surface area contributed by atoms with Crippen LogP contribution in [0, 0.1) is 20.2 Å². The zero-order valence-corrected chi connectivity index (χ0v) is 5.50. The number of hydrogen-bond donors (Lipinski definition) is 1. The van der Waals surface area contributed by atoms with Crippen LogP contribution < -0.4 is 10.7 Å². The van der Waals surface area contributed by atoms with Crippen molar-refractivity contribution in [2.75, 3.05) is 5.73 Å². The van der Waals surface area contributed by atoms with E-state index in [4.69, 9.17) is 5.73 Å². The number of hydrogen-bond acceptors (Lipinski definition) is 6. The van der Waals surface area contributed by atoms with Gasteiger partial charge in [0.25, 0.3) is 0 Å². The highest BCUT2D eigenvalue weighted by Crippen LogP contribution is 2.19. The first-order chi connectivity index (χ1) is 5.52. The molecule has 1 heterocycles. The fraction of sp³-hybridized carbons (Fsp3) is 0. The molecule has 0 aliphatic rings. The normalized spacial score (nSPS) is 9.67. The van der Waals surface area contributed by atoms with Gasteiger partial charge in [-0.3, -0.25) is 0 Å². The molecule has 1 aromatic heterocycles. The second kappa shape index (κ2) is 2.45. The minimum Gasteiger partial charge on any atom is -0.457 e. The van der Waals surface area contributed by atoms with Crippen LogP contribution in [-0.4, -0.2) is 14.8 Å². The summed E-state index contributed by atoms with van der Waals surface area (Å²) < 4.78 is 0. The molecule has 2 N–H and O–H groups in total. The fourth-order valence-electron chi connectivity index (χ4n) is 0.551. The highest BCUT2D eigenvalue weighted by atomic mass is 16.6. The van der Waals surface area contributed by atoms with Crippen molar-refractivity contribution < 1.29 is 9.85 Å². The van der Waals surface area contributed by atoms with E-state index < -0.39 is 27.4 Å². The Bertz CT molecular complexity index is 342. The molecule has 0 atom stereocenters. The van der Waals surface area contributed by atoms with Crippen molar-refractivity contribution in [2.24, 2.45) is 0 Å². The van der Waals surface area contributed by atoms with Crippen molar-refractivity contribution >= 4 is 17.6 Å². The Balaban J connectivity index is 3.17. The van der Waals surface area contributed by atoms with Crippen LogP contribution in [-0.2, 0) is 0 Å². The Morgan fingerprint density at radius 3 is 2.17 bits per heavy atom. The molecule has 0 aromatic carbocycles. The number of rotatable bonds is 2. The lowest BCUT2D eigenvalue weighted by molar-refractivity contribution is -0.402. The number of anilines is 1. The summed E-state index contributed by atoms with van der Waals surface area (Å²) in [5.74, 6) is -2.20. The number of nitro groups is 2. The second-order valence-corrected chi connectivity index (χ2v) is 1.75. The van der Waals surface area contributed by atoms with Crippen LogP contribution in [0.25, 0.3) is 0 Å². The van der Waals surface area contributed by atoms with Gasteiger partial charge in [0.15, 0.2) is 0 Å². The highest BCUT2D eigenvalue weighted by Gasteiger charge is 2.21. The molecule has 0 radical (unpaired) electrons. The quantitative estimate of drug-likeness (QED) is 0.465. The molecule has 0 saturated carbocycles. The summed E-state index contributed by atoms with van der Waals surface area (Å²) in [7, 11) is 0. The van der Waals surface area contributed by atoms with E-state index in [1.807, 2.05) is 0 Å². The molecule has 0 aliphatic carbocycles. The van der Waals surface area contributed by atoms with Gasteiger partial charge in [-0.2, -0.15) is 4.98 Å². The maximum atomic E-state index is 10.1. The molecule has 0 spiro atoms. The van der Waals surface area contributed by atoms with Crippen molar-refractivity contribution in [3.8, 4) is 0 Å². The number of imidazole rings is 1. The van der Waals surface area contributed by atoms with Gasteiger partial charge in [-0.15, -0.1) is 4.92 Å². The topological polar surface area (TPSA) is 139 Å². The Hall–Kier alpha value is -2.19. The summed E-state index contributed by atoms with van der Waals surface area (Å²) in [5.41, 5.74) is 4.96. The van der Waals surface area contributed by atoms with Gasteiger partial charge in [-0.1, -0.05) is 0 Å². The maximum absolute atomic E-state index is 10.1. The zero-order valence-electron chi connectivity index (χ0n) is 5.50. The van der Waals surface area contributed by atoms with E-state index in [0.717, 1.165) is 0 Å². The minimum absolute atomic E-state index is 0.549. The zero-order chi connectivity index (χ0) is 9.30. The molecule has 0 saturated heterocycles. The standard InChI is InChI=1S/C3H2N5O4/c4-1-2(7(9)10)6-3(5-1)8(11)12/h4H2/q-1. The van der Waals surface area contributed by atoms with Crippen LogP contribution in [0.2, 0.25) is 0 Å². The third-order valence-corrected chi connectivity index (χ3v) is 0.992. The first-order valence-corrected chi connectivity index (χ1v) is 2.61. The van der Waals surface area contributed by atoms with Gasteiger partial charge in [0.05, 0.1) is 0 Å². The Labute approximate surface area is 64.5 Å². The third kappa shape index (κ3) is 1.14. The van der Waals surface area contributed by atoms with E-state index in [1.165, 1.54) is 0 Å². The molecule has 1 rings (SSSR count). The van der Waals surface area contributed by atoms with Gasteiger partial charge in [0, 0.05) is 4.98 Å². The van der Waals surface area contributed by atoms with Gasteiger partial charge in [-0.05, 0) is 4.92 Å². The Kier molecular flexibility index (Phi) is 1.62. The Morgan fingerprint density at radius 1 is 1.33 bits per heavy atom. The summed E-state index contributed by atoms with van der Waals surface area (Å²) >= 11 is 0. The number of nitrogen functional groups attached to an aromatic ring is 1. The van der Waals surface area contributed by atoms with Crippen LogP contribution in [0.5, 0.6) is 0 Å². The highest BCUT2D eigenvalue weighted by molar-refractivity contribution is 5.49. The maximum Gasteiger partial charge on any atom is 0.410 e. The van der Waals surface area contributed by atoms with Gasteiger partial charge in [0.1, 0.15) is 0 Å². The molecule has 0 aliphatic heterocycles. The second-order valence-electron chi connectivity index (χ2n) is 1.75. The molecule has 0 bridgehead atoms. The van der Waals surface area contributed by atoms with Gasteiger partial charge in [0.2, 0.25) is 5.82 Å². The smallest absolute Gasteiger partial charge is 0.410 e. The van der Waals surface area contributed by atoms with E-state index in [9.17, 15) is 20.2 Å². The lowest BCUT2D eigenvalue weighted by Crippen LogP contribution is -1.94. The molecule has 0 unspecified atom stereocenters. The SMILES string of the molecule is Nc1[n-]c([N+](=O)[O-])nc1[N+](=O)[O-]. The summed E-state index contributed by atoms with van der Waals surface area (Å²) in [6.07, 6.45) is 0. The summed E-state index contributed by atoms with van der Waals surface area (Å²) in [6, 6.07) is 0. The fourth-order valence-corrected chi connectivity index (χ4v) is 0.551. The summed E-state index contributed by atoms with van der Waals surface area (Å²) in [6.45, 7) is 0. The number of nitrogens with zero attached hydrogens (tertiary/aromatic N) is 4. The van der Waals surface area contributed by atoms with E-state index in [-0.39, 0.29) is 0 Å². The van der Waals surface area contributed by atoms with Gasteiger partial charge < -0.3 is 26.0 Å². The van der Waals surface area contributed by atoms with E-state index in [0.29, 0.717) is 0 Å². The van der Waals surface area contributed by atoms with E-state index >= 15 is 0 Å². The Morgan fingerprint density at radius 2 is 1.92 bits per heavy atom. The van der Waals surface area contributed by atoms with Crippen LogP contribution in [0.3, 0.4) is 0 Å². The molecule has 0 amide bonds. The van der Waals surface area contributed by atoms with Crippen LogP contribution >= 0.6 is 0 Å². The largest absolute Gasteiger partial charge is 0.457 e. The lowest BCUT2D eigenvalue weighted by Gasteiger charge is -1.90. The number of aromatic nitrogens is 2. The predicted octanol–water partition coefficient (Wildman–Crippen LogP) is -0.563. The molecule has 9 nitrogen and oxygen atoms in total. The monoisotopic (exact) mass is 172 g/mol.